The minimum Gasteiger partial charge on any atom is -0.326 e. The third-order valence-corrected chi connectivity index (χ3v) is 6.41. The quantitative estimate of drug-likeness (QED) is 0.617. The van der Waals surface area contributed by atoms with Crippen molar-refractivity contribution in [1.82, 2.24) is 9.71 Å². The van der Waals surface area contributed by atoms with Crippen LogP contribution in [-0.4, -0.2) is 26.4 Å². The van der Waals surface area contributed by atoms with Crippen LogP contribution in [0, 0.1) is 6.92 Å². The smallest absolute Gasteiger partial charge is 0.240 e. The van der Waals surface area contributed by atoms with Crippen molar-refractivity contribution in [3.63, 3.8) is 0 Å². The topological polar surface area (TPSA) is 88.2 Å². The van der Waals surface area contributed by atoms with Gasteiger partial charge in [-0.05, 0) is 50.2 Å². The lowest BCUT2D eigenvalue weighted by atomic mass is 10.1. The number of benzene rings is 2. The zero-order valence-corrected chi connectivity index (χ0v) is 17.2. The molecule has 28 heavy (non-hydrogen) atoms. The normalized spacial score (nSPS) is 11.4. The van der Waals surface area contributed by atoms with Gasteiger partial charge in [0, 0.05) is 23.1 Å². The number of nitrogens with zero attached hydrogens (tertiary/aromatic N) is 1. The van der Waals surface area contributed by atoms with E-state index in [0.717, 1.165) is 27.5 Å². The van der Waals surface area contributed by atoms with Crippen molar-refractivity contribution in [2.75, 3.05) is 12.4 Å². The Balaban J connectivity index is 1.59. The minimum atomic E-state index is -3.45. The van der Waals surface area contributed by atoms with E-state index in [9.17, 15) is 13.2 Å². The largest absolute Gasteiger partial charge is 0.326 e. The molecule has 0 atom stereocenters. The van der Waals surface area contributed by atoms with Gasteiger partial charge in [-0.1, -0.05) is 24.3 Å². The summed E-state index contributed by atoms with van der Waals surface area (Å²) in [5.74, 6) is -0.0986. The standard InChI is InChI=1S/C20H21N3O3S2/c1-14-22-19(13-27-14)16-4-3-5-17(12-16)23-20(24)11-8-15-6-9-18(10-7-15)28(25,26)21-2/h3-7,9-10,12-13,21H,8,11H2,1-2H3,(H,23,24). The molecular formula is C20H21N3O3S2. The van der Waals surface area contributed by atoms with E-state index in [1.54, 1.807) is 35.6 Å². The maximum absolute atomic E-state index is 12.3. The molecule has 0 aliphatic heterocycles. The zero-order chi connectivity index (χ0) is 20.1. The lowest BCUT2D eigenvalue weighted by molar-refractivity contribution is -0.116. The predicted molar refractivity (Wildman–Crippen MR) is 112 cm³/mol. The number of anilines is 1. The summed E-state index contributed by atoms with van der Waals surface area (Å²) in [5, 5.41) is 5.90. The van der Waals surface area contributed by atoms with Crippen LogP contribution < -0.4 is 10.0 Å². The number of carbonyl (C=O) groups excluding carboxylic acids is 1. The van der Waals surface area contributed by atoms with Crippen molar-refractivity contribution in [2.45, 2.75) is 24.7 Å². The molecule has 3 aromatic rings. The fourth-order valence-electron chi connectivity index (χ4n) is 2.69. The lowest BCUT2D eigenvalue weighted by Crippen LogP contribution is -2.18. The number of hydrogen-bond acceptors (Lipinski definition) is 5. The molecule has 1 heterocycles. The van der Waals surface area contributed by atoms with Gasteiger partial charge in [-0.2, -0.15) is 0 Å². The van der Waals surface area contributed by atoms with Crippen molar-refractivity contribution in [1.29, 1.82) is 0 Å². The first kappa shape index (κ1) is 20.2. The summed E-state index contributed by atoms with van der Waals surface area (Å²) >= 11 is 1.59. The van der Waals surface area contributed by atoms with Gasteiger partial charge in [0.25, 0.3) is 0 Å². The number of amides is 1. The van der Waals surface area contributed by atoms with Crippen molar-refractivity contribution in [3.8, 4) is 11.3 Å². The van der Waals surface area contributed by atoms with Crippen molar-refractivity contribution in [3.05, 3.63) is 64.5 Å². The summed E-state index contributed by atoms with van der Waals surface area (Å²) in [6.45, 7) is 1.96. The predicted octanol–water partition coefficient (Wildman–Crippen LogP) is 3.60. The molecule has 1 aromatic heterocycles. The first-order valence-corrected chi connectivity index (χ1v) is 11.1. The van der Waals surface area contributed by atoms with Crippen LogP contribution in [0.3, 0.4) is 0 Å². The van der Waals surface area contributed by atoms with Gasteiger partial charge < -0.3 is 5.32 Å². The Labute approximate surface area is 168 Å². The molecule has 1 amide bonds. The fourth-order valence-corrected chi connectivity index (χ4v) is 4.04. The Hall–Kier alpha value is -2.55. The molecule has 0 saturated carbocycles. The maximum atomic E-state index is 12.3. The summed E-state index contributed by atoms with van der Waals surface area (Å²) in [4.78, 5) is 17.0. The van der Waals surface area contributed by atoms with Crippen LogP contribution in [0.15, 0.2) is 58.8 Å². The summed E-state index contributed by atoms with van der Waals surface area (Å²) in [7, 11) is -2.07. The molecule has 0 aliphatic carbocycles. The Kier molecular flexibility index (Phi) is 6.23. The molecular weight excluding hydrogens is 394 g/mol. The number of rotatable bonds is 7. The van der Waals surface area contributed by atoms with Gasteiger partial charge in [0.05, 0.1) is 15.6 Å². The highest BCUT2D eigenvalue weighted by molar-refractivity contribution is 7.89. The highest BCUT2D eigenvalue weighted by atomic mass is 32.2. The van der Waals surface area contributed by atoms with Crippen LogP contribution in [0.4, 0.5) is 5.69 Å². The van der Waals surface area contributed by atoms with E-state index in [-0.39, 0.29) is 10.8 Å². The van der Waals surface area contributed by atoms with Gasteiger partial charge in [-0.25, -0.2) is 18.1 Å². The van der Waals surface area contributed by atoms with Crippen molar-refractivity contribution >= 4 is 33.0 Å². The number of aryl methyl sites for hydroxylation is 2. The Morgan fingerprint density at radius 3 is 2.54 bits per heavy atom. The number of carbonyl (C=O) groups is 1. The van der Waals surface area contributed by atoms with E-state index >= 15 is 0 Å². The molecule has 0 bridgehead atoms. The summed E-state index contributed by atoms with van der Waals surface area (Å²) in [5.41, 5.74) is 3.49. The molecule has 6 nitrogen and oxygen atoms in total. The number of nitrogens with one attached hydrogen (secondary N) is 2. The Morgan fingerprint density at radius 1 is 1.14 bits per heavy atom. The third kappa shape index (κ3) is 5.03. The van der Waals surface area contributed by atoms with E-state index in [4.69, 9.17) is 0 Å². The molecule has 0 unspecified atom stereocenters. The number of sulfonamides is 1. The molecule has 0 fully saturated rings. The third-order valence-electron chi connectivity index (χ3n) is 4.20. The second-order valence-corrected chi connectivity index (χ2v) is 9.18. The lowest BCUT2D eigenvalue weighted by Gasteiger charge is -2.08. The summed E-state index contributed by atoms with van der Waals surface area (Å²) < 4.78 is 25.7. The monoisotopic (exact) mass is 415 g/mol. The van der Waals surface area contributed by atoms with Crippen molar-refractivity contribution in [2.24, 2.45) is 0 Å². The number of thiazole rings is 1. The molecule has 0 aliphatic rings. The molecule has 2 aromatic carbocycles. The van der Waals surface area contributed by atoms with E-state index in [0.29, 0.717) is 12.8 Å². The van der Waals surface area contributed by atoms with Crippen LogP contribution in [-0.2, 0) is 21.2 Å². The van der Waals surface area contributed by atoms with Crippen LogP contribution >= 0.6 is 11.3 Å². The van der Waals surface area contributed by atoms with Crippen LogP contribution in [0.25, 0.3) is 11.3 Å². The minimum absolute atomic E-state index is 0.0986. The number of hydrogen-bond donors (Lipinski definition) is 2. The van der Waals surface area contributed by atoms with Crippen LogP contribution in [0.1, 0.15) is 17.0 Å². The maximum Gasteiger partial charge on any atom is 0.240 e. The summed E-state index contributed by atoms with van der Waals surface area (Å²) in [6.07, 6.45) is 0.828. The zero-order valence-electron chi connectivity index (χ0n) is 15.6. The van der Waals surface area contributed by atoms with Crippen LogP contribution in [0.5, 0.6) is 0 Å². The molecule has 146 valence electrons. The average molecular weight is 416 g/mol. The molecule has 8 heteroatoms. The van der Waals surface area contributed by atoms with E-state index in [2.05, 4.69) is 15.0 Å². The molecule has 2 N–H and O–H groups in total. The van der Waals surface area contributed by atoms with E-state index in [1.807, 2.05) is 36.6 Å². The highest BCUT2D eigenvalue weighted by Crippen LogP contribution is 2.24. The molecule has 3 rings (SSSR count). The number of aromatic nitrogens is 1. The van der Waals surface area contributed by atoms with E-state index < -0.39 is 10.0 Å². The first-order chi connectivity index (χ1) is 13.4. The van der Waals surface area contributed by atoms with Crippen LogP contribution in [0.2, 0.25) is 0 Å². The molecule has 0 radical (unpaired) electrons. The highest BCUT2D eigenvalue weighted by Gasteiger charge is 2.11. The van der Waals surface area contributed by atoms with Gasteiger partial charge in [-0.15, -0.1) is 11.3 Å². The van der Waals surface area contributed by atoms with Gasteiger partial charge in [-0.3, -0.25) is 4.79 Å². The first-order valence-electron chi connectivity index (χ1n) is 8.72. The molecule has 0 saturated heterocycles. The molecule has 0 spiro atoms. The van der Waals surface area contributed by atoms with Gasteiger partial charge in [0.2, 0.25) is 15.9 Å². The van der Waals surface area contributed by atoms with E-state index in [1.165, 1.54) is 7.05 Å². The average Bonchev–Trinajstić information content (AvgIpc) is 3.13. The Bertz CT molecular complexity index is 1070. The van der Waals surface area contributed by atoms with Gasteiger partial charge >= 0.3 is 0 Å². The SMILES string of the molecule is CNS(=O)(=O)c1ccc(CCC(=O)Nc2cccc(-c3csc(C)n3)c2)cc1. The van der Waals surface area contributed by atoms with Gasteiger partial charge in [0.1, 0.15) is 0 Å². The second kappa shape index (κ2) is 8.64. The fraction of sp³-hybridized carbons (Fsp3) is 0.200. The summed E-state index contributed by atoms with van der Waals surface area (Å²) in [6, 6.07) is 14.1. The van der Waals surface area contributed by atoms with Gasteiger partial charge in [0.15, 0.2) is 0 Å². The Morgan fingerprint density at radius 2 is 1.89 bits per heavy atom. The second-order valence-electron chi connectivity index (χ2n) is 6.23. The van der Waals surface area contributed by atoms with Crippen molar-refractivity contribution < 1.29 is 13.2 Å².